The molecule has 0 aromatic rings. The van der Waals surface area contributed by atoms with E-state index >= 15 is 0 Å². The zero-order valence-electron chi connectivity index (χ0n) is 37.8. The Labute approximate surface area is 335 Å². The maximum Gasteiger partial charge on any atom is 0.167 e. The normalized spacial score (nSPS) is 12.3. The Morgan fingerprint density at radius 3 is 0.538 bits per heavy atom. The fourth-order valence-electron chi connectivity index (χ4n) is 7.48. The number of hydrogen-bond acceptors (Lipinski definition) is 3. The van der Waals surface area contributed by atoms with E-state index in [1.807, 2.05) is 0 Å². The van der Waals surface area contributed by atoms with E-state index in [9.17, 15) is 0 Å². The largest absolute Gasteiger partial charge is 0.380 e. The molecule has 0 saturated carbocycles. The highest BCUT2D eigenvalue weighted by Crippen LogP contribution is 2.38. The summed E-state index contributed by atoms with van der Waals surface area (Å²) in [6, 6.07) is 0. The Hall–Kier alpha value is -0.120. The van der Waals surface area contributed by atoms with E-state index in [-0.39, 0.29) is 22.3 Å². The molecule has 0 spiro atoms. The van der Waals surface area contributed by atoms with Crippen LogP contribution in [0.1, 0.15) is 262 Å². The van der Waals surface area contributed by atoms with Gasteiger partial charge >= 0.3 is 0 Å². The summed E-state index contributed by atoms with van der Waals surface area (Å²) in [4.78, 5) is 0. The fourth-order valence-corrected chi connectivity index (χ4v) is 7.48. The Morgan fingerprint density at radius 1 is 0.231 bits per heavy atom. The molecule has 0 aromatic carbocycles. The van der Waals surface area contributed by atoms with Crippen LogP contribution in [0, 0.1) is 27.1 Å². The zero-order chi connectivity index (χ0) is 38.7. The second kappa shape index (κ2) is 34.2. The summed E-state index contributed by atoms with van der Waals surface area (Å²) in [5.74, 6) is -0.407. The van der Waals surface area contributed by atoms with Crippen LogP contribution in [0.15, 0.2) is 0 Å². The third-order valence-electron chi connectivity index (χ3n) is 15.2. The smallest absolute Gasteiger partial charge is 0.167 e. The van der Waals surface area contributed by atoms with E-state index in [2.05, 4.69) is 125 Å². The van der Waals surface area contributed by atoms with Crippen LogP contribution in [-0.4, -0.2) is 32.2 Å². The Kier molecular flexibility index (Phi) is 41.9. The van der Waals surface area contributed by atoms with Crippen LogP contribution >= 0.6 is 0 Å². The van der Waals surface area contributed by atoms with Crippen molar-refractivity contribution < 1.29 is 14.2 Å². The minimum atomic E-state index is -0.407. The van der Waals surface area contributed by atoms with Crippen LogP contribution in [0.25, 0.3) is 0 Å². The van der Waals surface area contributed by atoms with Crippen molar-refractivity contribution in [2.75, 3.05) is 26.4 Å². The van der Waals surface area contributed by atoms with Gasteiger partial charge in [-0.1, -0.05) is 173 Å². The first-order chi connectivity index (χ1) is 23.2. The van der Waals surface area contributed by atoms with Crippen molar-refractivity contribution in [3.63, 3.8) is 0 Å². The average molecular weight is 747 g/mol. The molecule has 0 heterocycles. The van der Waals surface area contributed by atoms with Crippen molar-refractivity contribution in [2.24, 2.45) is 27.1 Å². The maximum atomic E-state index is 6.47. The van der Waals surface area contributed by atoms with Crippen molar-refractivity contribution in [2.45, 2.75) is 268 Å². The maximum absolute atomic E-state index is 6.47. The molecule has 0 saturated heterocycles. The van der Waals surface area contributed by atoms with Gasteiger partial charge < -0.3 is 14.2 Å². The first-order valence-corrected chi connectivity index (χ1v) is 22.1. The molecule has 0 bridgehead atoms. The van der Waals surface area contributed by atoms with Gasteiger partial charge in [0.05, 0.1) is 26.4 Å². The first-order valence-electron chi connectivity index (χ1n) is 22.1. The second-order valence-electron chi connectivity index (χ2n) is 15.8. The molecule has 0 rings (SSSR count). The van der Waals surface area contributed by atoms with Crippen molar-refractivity contribution >= 4 is 0 Å². The Balaban J connectivity index is -0.000000161. The lowest BCUT2D eigenvalue weighted by molar-refractivity contribution is -0.265. The van der Waals surface area contributed by atoms with Gasteiger partial charge in [-0.25, -0.2) is 0 Å². The molecule has 0 aliphatic rings. The van der Waals surface area contributed by atoms with Crippen LogP contribution in [-0.2, 0) is 14.2 Å². The molecule has 3 heteroatoms. The summed E-state index contributed by atoms with van der Waals surface area (Å²) in [5, 5.41) is 0. The fraction of sp³-hybridized carbons (Fsp3) is 1.00. The second-order valence-corrected chi connectivity index (χ2v) is 15.8. The quantitative estimate of drug-likeness (QED) is 0.0746. The summed E-state index contributed by atoms with van der Waals surface area (Å²) in [5.41, 5.74) is 2.11. The van der Waals surface area contributed by atoms with Crippen molar-refractivity contribution in [3.05, 3.63) is 0 Å². The van der Waals surface area contributed by atoms with Gasteiger partial charge in [0.15, 0.2) is 5.79 Å². The van der Waals surface area contributed by atoms with E-state index in [1.165, 1.54) is 103 Å². The van der Waals surface area contributed by atoms with E-state index in [0.717, 1.165) is 39.3 Å². The summed E-state index contributed by atoms with van der Waals surface area (Å²) in [6.45, 7) is 44.6. The summed E-state index contributed by atoms with van der Waals surface area (Å²) < 4.78 is 19.1. The minimum absolute atomic E-state index is 0. The molecule has 0 unspecified atom stereocenters. The van der Waals surface area contributed by atoms with E-state index in [1.54, 1.807) is 0 Å². The lowest BCUT2D eigenvalue weighted by atomic mass is 9.78. The molecular weight excluding hydrogens is 637 g/mol. The SMILES string of the molecule is C.C.C.CCC(CC)(CC)CC.CCC(CC)(CC)COC(CC)(CC)OCC(CC)(CC)CC.CCC(CC)(CC)COCC(CC)(CC)CC. The molecule has 3 nitrogen and oxygen atoms in total. The standard InChI is InChI=1S/C21H44O2.C16H34O.C9H20.3CH4/c1-9-19(10-2,11-3)17-22-21(15-7,16-8)23-18-20(12-4,13-5)14-6;1-7-15(8-2,9-3)13-17-14-16(10-4,11-5)12-6;1-5-9(6-2,7-3)8-4;;;/h9-18H2,1-8H3;7-14H2,1-6H3;5-8H2,1-4H3;3*1H4. The summed E-state index contributed by atoms with van der Waals surface area (Å²) in [7, 11) is 0. The molecule has 0 radical (unpaired) electrons. The topological polar surface area (TPSA) is 27.7 Å². The van der Waals surface area contributed by atoms with Gasteiger partial charge in [0, 0.05) is 0 Å². The number of hydrogen-bond donors (Lipinski definition) is 0. The molecule has 0 aliphatic heterocycles. The molecule has 0 atom stereocenters. The predicted molar refractivity (Wildman–Crippen MR) is 243 cm³/mol. The van der Waals surface area contributed by atoms with Crippen molar-refractivity contribution in [1.29, 1.82) is 0 Å². The highest BCUT2D eigenvalue weighted by molar-refractivity contribution is 4.81. The van der Waals surface area contributed by atoms with Crippen molar-refractivity contribution in [3.8, 4) is 0 Å². The van der Waals surface area contributed by atoms with Crippen LogP contribution in [0.2, 0.25) is 0 Å². The van der Waals surface area contributed by atoms with E-state index in [4.69, 9.17) is 14.2 Å². The predicted octanol–water partition coefficient (Wildman–Crippen LogP) is 17.9. The van der Waals surface area contributed by atoms with Gasteiger partial charge in [-0.2, -0.15) is 0 Å². The highest BCUT2D eigenvalue weighted by atomic mass is 16.7. The van der Waals surface area contributed by atoms with Gasteiger partial charge in [-0.3, -0.25) is 0 Å². The van der Waals surface area contributed by atoms with Gasteiger partial charge in [-0.15, -0.1) is 0 Å². The van der Waals surface area contributed by atoms with Crippen LogP contribution < -0.4 is 0 Å². The molecule has 52 heavy (non-hydrogen) atoms. The van der Waals surface area contributed by atoms with Crippen LogP contribution in [0.4, 0.5) is 0 Å². The molecule has 0 fully saturated rings. The molecule has 324 valence electrons. The average Bonchev–Trinajstić information content (AvgIpc) is 3.18. The number of ether oxygens (including phenoxy) is 3. The Bertz CT molecular complexity index is 608. The van der Waals surface area contributed by atoms with Gasteiger partial charge in [0.25, 0.3) is 0 Å². The molecule has 0 amide bonds. The zero-order valence-corrected chi connectivity index (χ0v) is 37.8. The Morgan fingerprint density at radius 2 is 0.404 bits per heavy atom. The molecule has 0 aromatic heterocycles. The summed E-state index contributed by atoms with van der Waals surface area (Å²) in [6.07, 6.45) is 21.7. The molecule has 0 aliphatic carbocycles. The monoisotopic (exact) mass is 747 g/mol. The highest BCUT2D eigenvalue weighted by Gasteiger charge is 2.36. The third kappa shape index (κ3) is 20.7. The minimum Gasteiger partial charge on any atom is -0.380 e. The molecule has 0 N–H and O–H groups in total. The van der Waals surface area contributed by atoms with E-state index < -0.39 is 5.79 Å². The molecular formula is C49H110O3. The third-order valence-corrected chi connectivity index (χ3v) is 15.2. The lowest BCUT2D eigenvalue weighted by Crippen LogP contribution is -2.42. The summed E-state index contributed by atoms with van der Waals surface area (Å²) >= 11 is 0. The van der Waals surface area contributed by atoms with E-state index in [0.29, 0.717) is 27.1 Å². The first kappa shape index (κ1) is 63.8. The lowest BCUT2D eigenvalue weighted by Gasteiger charge is -2.41. The van der Waals surface area contributed by atoms with Crippen LogP contribution in [0.5, 0.6) is 0 Å². The number of rotatable bonds is 28. The van der Waals surface area contributed by atoms with Gasteiger partial charge in [0.1, 0.15) is 0 Å². The van der Waals surface area contributed by atoms with Crippen molar-refractivity contribution in [1.82, 2.24) is 0 Å². The van der Waals surface area contributed by atoms with Crippen LogP contribution in [0.3, 0.4) is 0 Å². The van der Waals surface area contributed by atoms with Gasteiger partial charge in [0.2, 0.25) is 0 Å². The van der Waals surface area contributed by atoms with Gasteiger partial charge in [-0.05, 0) is 117 Å².